The fourth-order valence-corrected chi connectivity index (χ4v) is 2.87. The molecule has 0 radical (unpaired) electrons. The highest BCUT2D eigenvalue weighted by Crippen LogP contribution is 2.33. The van der Waals surface area contributed by atoms with E-state index in [9.17, 15) is 5.11 Å². The zero-order valence-electron chi connectivity index (χ0n) is 10.4. The Kier molecular flexibility index (Phi) is 4.23. The number of benzene rings is 1. The molecule has 1 N–H and O–H groups in total. The molecular weight excluding hydrogens is 280 g/mol. The zero-order valence-corrected chi connectivity index (χ0v) is 12.0. The van der Waals surface area contributed by atoms with Gasteiger partial charge in [0.05, 0.1) is 6.10 Å². The second-order valence-corrected chi connectivity index (χ2v) is 5.71. The van der Waals surface area contributed by atoms with Crippen molar-refractivity contribution < 1.29 is 9.84 Å². The van der Waals surface area contributed by atoms with Crippen LogP contribution >= 0.6 is 15.9 Å². The van der Waals surface area contributed by atoms with Gasteiger partial charge in [-0.3, -0.25) is 0 Å². The third-order valence-electron chi connectivity index (χ3n) is 3.58. The highest BCUT2D eigenvalue weighted by Gasteiger charge is 2.24. The topological polar surface area (TPSA) is 29.5 Å². The van der Waals surface area contributed by atoms with Crippen LogP contribution in [0.4, 0.5) is 0 Å². The molecule has 1 unspecified atom stereocenters. The molecule has 0 amide bonds. The Morgan fingerprint density at radius 3 is 2.53 bits per heavy atom. The van der Waals surface area contributed by atoms with Gasteiger partial charge in [0.25, 0.3) is 0 Å². The molecule has 0 saturated carbocycles. The molecule has 94 valence electrons. The molecule has 1 heterocycles. The Bertz CT molecular complexity index is 397. The number of rotatable bonds is 2. The van der Waals surface area contributed by atoms with Gasteiger partial charge in [-0.15, -0.1) is 0 Å². The van der Waals surface area contributed by atoms with Gasteiger partial charge in [0.1, 0.15) is 0 Å². The van der Waals surface area contributed by atoms with Crippen molar-refractivity contribution in [2.45, 2.75) is 32.8 Å². The first kappa shape index (κ1) is 13.1. The lowest BCUT2D eigenvalue weighted by Crippen LogP contribution is -2.22. The summed E-state index contributed by atoms with van der Waals surface area (Å²) in [7, 11) is 0. The molecule has 1 fully saturated rings. The van der Waals surface area contributed by atoms with Crippen LogP contribution in [-0.4, -0.2) is 18.3 Å². The van der Waals surface area contributed by atoms with Gasteiger partial charge in [-0.25, -0.2) is 0 Å². The maximum Gasteiger partial charge on any atom is 0.0822 e. The summed E-state index contributed by atoms with van der Waals surface area (Å²) in [6, 6.07) is 4.19. The van der Waals surface area contributed by atoms with Crippen LogP contribution in [-0.2, 0) is 4.74 Å². The van der Waals surface area contributed by atoms with Crippen molar-refractivity contribution in [2.75, 3.05) is 13.2 Å². The van der Waals surface area contributed by atoms with E-state index in [0.29, 0.717) is 5.92 Å². The number of aliphatic hydroxyl groups excluding tert-OH is 1. The molecule has 0 bridgehead atoms. The lowest BCUT2D eigenvalue weighted by atomic mass is 9.87. The van der Waals surface area contributed by atoms with Gasteiger partial charge in [-0.2, -0.15) is 0 Å². The molecular formula is C14H19BrO2. The van der Waals surface area contributed by atoms with Crippen LogP contribution in [0.5, 0.6) is 0 Å². The molecule has 1 atom stereocenters. The molecule has 1 saturated heterocycles. The molecule has 17 heavy (non-hydrogen) atoms. The molecule has 2 rings (SSSR count). The first-order valence-electron chi connectivity index (χ1n) is 6.12. The molecule has 2 nitrogen and oxygen atoms in total. The Morgan fingerprint density at radius 1 is 1.24 bits per heavy atom. The molecule has 1 aliphatic heterocycles. The summed E-state index contributed by atoms with van der Waals surface area (Å²) in [5, 5.41) is 10.5. The molecule has 0 spiro atoms. The summed E-state index contributed by atoms with van der Waals surface area (Å²) in [4.78, 5) is 0. The summed E-state index contributed by atoms with van der Waals surface area (Å²) in [5.41, 5.74) is 3.40. The van der Waals surface area contributed by atoms with E-state index >= 15 is 0 Å². The average Bonchev–Trinajstić information content (AvgIpc) is 2.34. The number of ether oxygens (including phenoxy) is 1. The van der Waals surface area contributed by atoms with E-state index < -0.39 is 0 Å². The molecule has 3 heteroatoms. The minimum atomic E-state index is -0.356. The SMILES string of the molecule is Cc1cc(C(O)C2CCOCC2)c(C)cc1Br. The van der Waals surface area contributed by atoms with Crippen LogP contribution in [0, 0.1) is 19.8 Å². The van der Waals surface area contributed by atoms with E-state index in [0.717, 1.165) is 41.7 Å². The van der Waals surface area contributed by atoms with E-state index in [1.165, 1.54) is 5.56 Å². The van der Waals surface area contributed by atoms with E-state index in [-0.39, 0.29) is 6.10 Å². The number of hydrogen-bond donors (Lipinski definition) is 1. The summed E-state index contributed by atoms with van der Waals surface area (Å²) in [6.45, 7) is 5.67. The fraction of sp³-hybridized carbons (Fsp3) is 0.571. The summed E-state index contributed by atoms with van der Waals surface area (Å²) in [5.74, 6) is 0.336. The molecule has 1 aromatic rings. The van der Waals surface area contributed by atoms with Gasteiger partial charge in [-0.05, 0) is 55.4 Å². The van der Waals surface area contributed by atoms with E-state index in [1.54, 1.807) is 0 Å². The number of aliphatic hydroxyl groups is 1. The van der Waals surface area contributed by atoms with Gasteiger partial charge < -0.3 is 9.84 Å². The highest BCUT2D eigenvalue weighted by atomic mass is 79.9. The summed E-state index contributed by atoms with van der Waals surface area (Å²) in [6.07, 6.45) is 1.55. The fourth-order valence-electron chi connectivity index (χ4n) is 2.41. The standard InChI is InChI=1S/C14H19BrO2/c1-9-8-13(15)10(2)7-12(9)14(16)11-3-5-17-6-4-11/h7-8,11,14,16H,3-6H2,1-2H3. The van der Waals surface area contributed by atoms with E-state index in [2.05, 4.69) is 41.9 Å². The smallest absolute Gasteiger partial charge is 0.0822 e. The number of halogens is 1. The lowest BCUT2D eigenvalue weighted by molar-refractivity contribution is 0.00693. The Balaban J connectivity index is 2.23. The van der Waals surface area contributed by atoms with Crippen LogP contribution in [0.3, 0.4) is 0 Å². The van der Waals surface area contributed by atoms with Crippen LogP contribution in [0.2, 0.25) is 0 Å². The Morgan fingerprint density at radius 2 is 1.88 bits per heavy atom. The van der Waals surface area contributed by atoms with Crippen molar-refractivity contribution in [1.29, 1.82) is 0 Å². The van der Waals surface area contributed by atoms with Crippen LogP contribution < -0.4 is 0 Å². The normalized spacial score (nSPS) is 19.3. The Hall–Kier alpha value is -0.380. The second-order valence-electron chi connectivity index (χ2n) is 4.85. The summed E-state index contributed by atoms with van der Waals surface area (Å²) < 4.78 is 6.45. The van der Waals surface area contributed by atoms with Crippen molar-refractivity contribution in [2.24, 2.45) is 5.92 Å². The van der Waals surface area contributed by atoms with Crippen molar-refractivity contribution in [1.82, 2.24) is 0 Å². The Labute approximate surface area is 111 Å². The largest absolute Gasteiger partial charge is 0.388 e. The van der Waals surface area contributed by atoms with Gasteiger partial charge >= 0.3 is 0 Å². The summed E-state index contributed by atoms with van der Waals surface area (Å²) >= 11 is 3.52. The van der Waals surface area contributed by atoms with Gasteiger partial charge in [0.15, 0.2) is 0 Å². The maximum absolute atomic E-state index is 10.5. The quantitative estimate of drug-likeness (QED) is 0.905. The first-order valence-corrected chi connectivity index (χ1v) is 6.91. The average molecular weight is 299 g/mol. The predicted molar refractivity (Wildman–Crippen MR) is 72.1 cm³/mol. The van der Waals surface area contributed by atoms with E-state index in [1.807, 2.05) is 0 Å². The van der Waals surface area contributed by atoms with Crippen LogP contribution in [0.25, 0.3) is 0 Å². The van der Waals surface area contributed by atoms with E-state index in [4.69, 9.17) is 4.74 Å². The van der Waals surface area contributed by atoms with Crippen molar-refractivity contribution in [3.8, 4) is 0 Å². The van der Waals surface area contributed by atoms with Crippen molar-refractivity contribution in [3.05, 3.63) is 33.3 Å². The molecule has 0 aliphatic carbocycles. The third kappa shape index (κ3) is 2.90. The maximum atomic E-state index is 10.5. The minimum Gasteiger partial charge on any atom is -0.388 e. The second kappa shape index (κ2) is 5.51. The minimum absolute atomic E-state index is 0.336. The van der Waals surface area contributed by atoms with Crippen LogP contribution in [0.15, 0.2) is 16.6 Å². The van der Waals surface area contributed by atoms with Gasteiger partial charge in [-0.1, -0.05) is 22.0 Å². The van der Waals surface area contributed by atoms with Crippen molar-refractivity contribution >= 4 is 15.9 Å². The lowest BCUT2D eigenvalue weighted by Gasteiger charge is -2.28. The first-order chi connectivity index (χ1) is 8.09. The molecule has 1 aromatic carbocycles. The molecule has 0 aromatic heterocycles. The van der Waals surface area contributed by atoms with Gasteiger partial charge in [0, 0.05) is 17.7 Å². The highest BCUT2D eigenvalue weighted by molar-refractivity contribution is 9.10. The number of hydrogen-bond acceptors (Lipinski definition) is 2. The molecule has 1 aliphatic rings. The van der Waals surface area contributed by atoms with Crippen LogP contribution in [0.1, 0.15) is 35.6 Å². The zero-order chi connectivity index (χ0) is 12.4. The van der Waals surface area contributed by atoms with Crippen molar-refractivity contribution in [3.63, 3.8) is 0 Å². The monoisotopic (exact) mass is 298 g/mol. The third-order valence-corrected chi connectivity index (χ3v) is 4.43. The predicted octanol–water partition coefficient (Wildman–Crippen LogP) is 3.53. The van der Waals surface area contributed by atoms with Gasteiger partial charge in [0.2, 0.25) is 0 Å². The number of aryl methyl sites for hydroxylation is 2.